The fourth-order valence-corrected chi connectivity index (χ4v) is 4.34. The van der Waals surface area contributed by atoms with Gasteiger partial charge in [0.1, 0.15) is 17.7 Å². The van der Waals surface area contributed by atoms with Crippen molar-refractivity contribution in [1.29, 1.82) is 5.26 Å². The summed E-state index contributed by atoms with van der Waals surface area (Å²) in [5.41, 5.74) is 18.3. The molecule has 7 heteroatoms. The number of nitrogens with two attached hydrogens (primary N) is 2. The number of hydrogen-bond acceptors (Lipinski definition) is 4. The Morgan fingerprint density at radius 3 is 2.34 bits per heavy atom. The predicted octanol–water partition coefficient (Wildman–Crippen LogP) is 5.05. The Labute approximate surface area is 200 Å². The van der Waals surface area contributed by atoms with Gasteiger partial charge in [0.15, 0.2) is 0 Å². The maximum atomic E-state index is 13.9. The van der Waals surface area contributed by atoms with E-state index in [1.165, 1.54) is 12.1 Å². The molecule has 1 aromatic heterocycles. The van der Waals surface area contributed by atoms with Crippen LogP contribution < -0.4 is 11.5 Å². The first-order valence-corrected chi connectivity index (χ1v) is 10.9. The summed E-state index contributed by atoms with van der Waals surface area (Å²) < 4.78 is 13.9. The normalized spacial score (nSPS) is 13.3. The number of nitriles is 1. The first-order valence-electron chi connectivity index (χ1n) is 10.9. The van der Waals surface area contributed by atoms with E-state index in [2.05, 4.69) is 16.0 Å². The SMILES string of the molecule is N#Cc1cc2nc(-c3cccc4c3-c3ccccc3C4N)[nH]c2cc1F.NC(=O)c1ccccc1. The van der Waals surface area contributed by atoms with Gasteiger partial charge in [-0.25, -0.2) is 9.37 Å². The lowest BCUT2D eigenvalue weighted by molar-refractivity contribution is 0.100. The number of primary amides is 1. The fourth-order valence-electron chi connectivity index (χ4n) is 4.34. The molecule has 1 aliphatic rings. The van der Waals surface area contributed by atoms with Gasteiger partial charge in [0.2, 0.25) is 5.91 Å². The monoisotopic (exact) mass is 461 g/mol. The fraction of sp³-hybridized carbons (Fsp3) is 0.0357. The van der Waals surface area contributed by atoms with Crippen LogP contribution in [0.1, 0.15) is 33.1 Å². The number of nitrogens with one attached hydrogen (secondary N) is 1. The number of hydrogen-bond donors (Lipinski definition) is 3. The minimum atomic E-state index is -0.555. The largest absolute Gasteiger partial charge is 0.366 e. The van der Waals surface area contributed by atoms with Gasteiger partial charge in [-0.05, 0) is 40.5 Å². The second-order valence-corrected chi connectivity index (χ2v) is 8.11. The molecule has 0 radical (unpaired) electrons. The van der Waals surface area contributed by atoms with E-state index in [0.717, 1.165) is 27.8 Å². The number of halogens is 1. The number of aromatic nitrogens is 2. The van der Waals surface area contributed by atoms with Crippen LogP contribution in [-0.4, -0.2) is 15.9 Å². The summed E-state index contributed by atoms with van der Waals surface area (Å²) in [6.07, 6.45) is 0. The van der Waals surface area contributed by atoms with Crippen molar-refractivity contribution in [3.05, 3.63) is 113 Å². The predicted molar refractivity (Wildman–Crippen MR) is 133 cm³/mol. The number of carbonyl (C=O) groups excluding carboxylic acids is 1. The Bertz CT molecular complexity index is 1620. The van der Waals surface area contributed by atoms with E-state index >= 15 is 0 Å². The highest BCUT2D eigenvalue weighted by Gasteiger charge is 2.28. The molecular formula is C28H20FN5O. The zero-order valence-corrected chi connectivity index (χ0v) is 18.5. The van der Waals surface area contributed by atoms with Gasteiger partial charge in [0.05, 0.1) is 22.6 Å². The number of rotatable bonds is 2. The molecule has 4 aromatic carbocycles. The molecule has 0 bridgehead atoms. The molecule has 6 nitrogen and oxygen atoms in total. The Balaban J connectivity index is 0.000000239. The van der Waals surface area contributed by atoms with Crippen LogP contribution in [0.2, 0.25) is 0 Å². The highest BCUT2D eigenvalue weighted by molar-refractivity contribution is 5.93. The van der Waals surface area contributed by atoms with Gasteiger partial charge in [0.25, 0.3) is 0 Å². The third-order valence-electron chi connectivity index (χ3n) is 6.00. The zero-order chi connectivity index (χ0) is 24.5. The molecule has 0 aliphatic heterocycles. The number of benzene rings is 4. The third-order valence-corrected chi connectivity index (χ3v) is 6.00. The van der Waals surface area contributed by atoms with Crippen LogP contribution in [0, 0.1) is 17.1 Å². The molecule has 1 aliphatic carbocycles. The standard InChI is InChI=1S/C21H13FN4.C7H7NO/c22-16-9-18-17(8-11(16)10-23)25-21(26-18)15-7-3-6-14-19(15)12-4-1-2-5-13(12)20(14)24;8-7(9)6-4-2-1-3-5-6/h1-9,20H,24H2,(H,25,26);1-5H,(H2,8,9). The first-order chi connectivity index (χ1) is 17.0. The van der Waals surface area contributed by atoms with Crippen LogP contribution in [0.4, 0.5) is 4.39 Å². The summed E-state index contributed by atoms with van der Waals surface area (Å²) in [5, 5.41) is 9.03. The lowest BCUT2D eigenvalue weighted by atomic mass is 9.99. The van der Waals surface area contributed by atoms with Crippen molar-refractivity contribution in [3.8, 4) is 28.6 Å². The van der Waals surface area contributed by atoms with Gasteiger partial charge in [-0.1, -0.05) is 60.7 Å². The average Bonchev–Trinajstić information content (AvgIpc) is 3.43. The van der Waals surface area contributed by atoms with Gasteiger partial charge >= 0.3 is 0 Å². The minimum Gasteiger partial charge on any atom is -0.366 e. The van der Waals surface area contributed by atoms with E-state index in [9.17, 15) is 9.18 Å². The highest BCUT2D eigenvalue weighted by Crippen LogP contribution is 2.46. The Hall–Kier alpha value is -4.80. The van der Waals surface area contributed by atoms with E-state index in [-0.39, 0.29) is 17.5 Å². The molecule has 1 amide bonds. The lowest BCUT2D eigenvalue weighted by Gasteiger charge is -2.08. The minimum absolute atomic E-state index is 0.0128. The number of carbonyl (C=O) groups is 1. The van der Waals surface area contributed by atoms with Crippen LogP contribution in [-0.2, 0) is 0 Å². The Morgan fingerprint density at radius 2 is 1.63 bits per heavy atom. The van der Waals surface area contributed by atoms with E-state index < -0.39 is 5.82 Å². The highest BCUT2D eigenvalue weighted by atomic mass is 19.1. The van der Waals surface area contributed by atoms with Crippen LogP contribution in [0.5, 0.6) is 0 Å². The molecule has 0 saturated carbocycles. The molecule has 0 saturated heterocycles. The molecule has 5 aromatic rings. The molecule has 1 unspecified atom stereocenters. The van der Waals surface area contributed by atoms with E-state index in [1.54, 1.807) is 24.3 Å². The first kappa shape index (κ1) is 22.0. The smallest absolute Gasteiger partial charge is 0.248 e. The van der Waals surface area contributed by atoms with Crippen molar-refractivity contribution in [2.75, 3.05) is 0 Å². The Kier molecular flexibility index (Phi) is 5.57. The quantitative estimate of drug-likeness (QED) is 0.340. The van der Waals surface area contributed by atoms with Crippen molar-refractivity contribution < 1.29 is 9.18 Å². The molecule has 35 heavy (non-hydrogen) atoms. The van der Waals surface area contributed by atoms with Crippen LogP contribution in [0.25, 0.3) is 33.5 Å². The number of aromatic amines is 1. The molecule has 170 valence electrons. The summed E-state index contributed by atoms with van der Waals surface area (Å²) in [5.74, 6) is -0.299. The van der Waals surface area contributed by atoms with Crippen molar-refractivity contribution in [2.45, 2.75) is 6.04 Å². The maximum Gasteiger partial charge on any atom is 0.248 e. The number of H-pyrrole nitrogens is 1. The number of fused-ring (bicyclic) bond motifs is 4. The van der Waals surface area contributed by atoms with Gasteiger partial charge in [0, 0.05) is 17.2 Å². The zero-order valence-electron chi connectivity index (χ0n) is 18.5. The van der Waals surface area contributed by atoms with E-state index in [1.807, 2.05) is 48.5 Å². The Morgan fingerprint density at radius 1 is 0.943 bits per heavy atom. The van der Waals surface area contributed by atoms with Crippen LogP contribution in [0.15, 0.2) is 84.9 Å². The van der Waals surface area contributed by atoms with Crippen molar-refractivity contribution in [2.24, 2.45) is 11.5 Å². The topological polar surface area (TPSA) is 122 Å². The number of nitrogens with zero attached hydrogens (tertiary/aromatic N) is 2. The van der Waals surface area contributed by atoms with Gasteiger partial charge in [-0.3, -0.25) is 4.79 Å². The molecule has 6 rings (SSSR count). The number of amides is 1. The van der Waals surface area contributed by atoms with Crippen molar-refractivity contribution >= 4 is 16.9 Å². The average molecular weight is 462 g/mol. The van der Waals surface area contributed by atoms with Gasteiger partial charge in [-0.2, -0.15) is 5.26 Å². The molecule has 1 atom stereocenters. The van der Waals surface area contributed by atoms with E-state index in [4.69, 9.17) is 16.7 Å². The molecule has 1 heterocycles. The van der Waals surface area contributed by atoms with Crippen molar-refractivity contribution in [3.63, 3.8) is 0 Å². The van der Waals surface area contributed by atoms with Crippen molar-refractivity contribution in [1.82, 2.24) is 9.97 Å². The van der Waals surface area contributed by atoms with Gasteiger partial charge < -0.3 is 16.5 Å². The summed E-state index contributed by atoms with van der Waals surface area (Å²) in [6, 6.07) is 27.2. The van der Waals surface area contributed by atoms with Crippen LogP contribution in [0.3, 0.4) is 0 Å². The summed E-state index contributed by atoms with van der Waals surface area (Å²) >= 11 is 0. The second kappa shape index (κ2) is 8.86. The summed E-state index contributed by atoms with van der Waals surface area (Å²) in [7, 11) is 0. The van der Waals surface area contributed by atoms with Crippen LogP contribution >= 0.6 is 0 Å². The molecule has 0 spiro atoms. The second-order valence-electron chi connectivity index (χ2n) is 8.11. The summed E-state index contributed by atoms with van der Waals surface area (Å²) in [6.45, 7) is 0. The van der Waals surface area contributed by atoms with E-state index in [0.29, 0.717) is 22.4 Å². The number of imidazole rings is 1. The summed E-state index contributed by atoms with van der Waals surface area (Å²) in [4.78, 5) is 18.2. The molecule has 0 fully saturated rings. The van der Waals surface area contributed by atoms with Gasteiger partial charge in [-0.15, -0.1) is 0 Å². The lowest BCUT2D eigenvalue weighted by Crippen LogP contribution is -2.09. The maximum absolute atomic E-state index is 13.9. The third kappa shape index (κ3) is 3.92. The molecule has 5 N–H and O–H groups in total. The molecular weight excluding hydrogens is 441 g/mol.